The number of benzene rings is 1. The first-order valence-electron chi connectivity index (χ1n) is 10.8. The van der Waals surface area contributed by atoms with E-state index in [1.165, 1.54) is 0 Å². The summed E-state index contributed by atoms with van der Waals surface area (Å²) in [5, 5.41) is 25.0. The fraction of sp³-hybridized carbons (Fsp3) is 0.250. The van der Waals surface area contributed by atoms with E-state index in [4.69, 9.17) is 5.11 Å². The molecule has 3 aromatic heterocycles. The molecule has 168 valence electrons. The van der Waals surface area contributed by atoms with Gasteiger partial charge in [0.1, 0.15) is 0 Å². The van der Waals surface area contributed by atoms with Gasteiger partial charge < -0.3 is 20.8 Å². The molecule has 0 saturated heterocycles. The number of aromatic nitrogens is 4. The zero-order valence-corrected chi connectivity index (χ0v) is 17.8. The van der Waals surface area contributed by atoms with Crippen LogP contribution in [-0.4, -0.2) is 60.8 Å². The summed E-state index contributed by atoms with van der Waals surface area (Å²) in [5.41, 5.74) is 4.53. The van der Waals surface area contributed by atoms with Gasteiger partial charge in [-0.15, -0.1) is 0 Å². The lowest BCUT2D eigenvalue weighted by atomic mass is 10.1. The number of aliphatic hydroxyl groups excluding tert-OH is 2. The summed E-state index contributed by atoms with van der Waals surface area (Å²) >= 11 is 0. The van der Waals surface area contributed by atoms with Crippen LogP contribution < -0.4 is 10.6 Å². The third-order valence-corrected chi connectivity index (χ3v) is 5.54. The summed E-state index contributed by atoms with van der Waals surface area (Å²) in [5.74, 6) is 0.434. The Hall–Kier alpha value is -3.82. The Morgan fingerprint density at radius 3 is 2.58 bits per heavy atom. The number of anilines is 1. The maximum absolute atomic E-state index is 12.3. The van der Waals surface area contributed by atoms with E-state index in [0.717, 1.165) is 29.7 Å². The minimum absolute atomic E-state index is 0.0553. The highest BCUT2D eigenvalue weighted by atomic mass is 16.3. The summed E-state index contributed by atoms with van der Waals surface area (Å²) in [6.07, 6.45) is 8.22. The number of aliphatic hydroxyl groups is 2. The number of hydrogen-bond donors (Lipinski definition) is 4. The Bertz CT molecular complexity index is 1270. The van der Waals surface area contributed by atoms with Gasteiger partial charge >= 0.3 is 0 Å². The highest BCUT2D eigenvalue weighted by Gasteiger charge is 2.23. The van der Waals surface area contributed by atoms with Crippen molar-refractivity contribution < 1.29 is 15.0 Å². The monoisotopic (exact) mass is 444 g/mol. The molecule has 1 amide bonds. The number of nitrogens with one attached hydrogen (secondary N) is 2. The average Bonchev–Trinajstić information content (AvgIpc) is 3.57. The van der Waals surface area contributed by atoms with E-state index in [1.54, 1.807) is 18.6 Å². The second-order valence-corrected chi connectivity index (χ2v) is 8.09. The molecule has 0 spiro atoms. The van der Waals surface area contributed by atoms with Crippen LogP contribution in [0.3, 0.4) is 0 Å². The maximum Gasteiger partial charge on any atom is 0.251 e. The van der Waals surface area contributed by atoms with Gasteiger partial charge in [-0.25, -0.2) is 9.97 Å². The lowest BCUT2D eigenvalue weighted by molar-refractivity contribution is 0.0951. The van der Waals surface area contributed by atoms with Gasteiger partial charge in [-0.2, -0.15) is 0 Å². The van der Waals surface area contributed by atoms with E-state index >= 15 is 0 Å². The highest BCUT2D eigenvalue weighted by molar-refractivity contribution is 5.95. The van der Waals surface area contributed by atoms with Gasteiger partial charge in [-0.05, 0) is 37.1 Å². The van der Waals surface area contributed by atoms with E-state index in [9.17, 15) is 9.90 Å². The van der Waals surface area contributed by atoms with Gasteiger partial charge in [0, 0.05) is 47.9 Å². The molecule has 1 atom stereocenters. The first-order chi connectivity index (χ1) is 16.1. The van der Waals surface area contributed by atoms with E-state index in [0.29, 0.717) is 28.8 Å². The molecule has 9 nitrogen and oxygen atoms in total. The van der Waals surface area contributed by atoms with Gasteiger partial charge in [0.05, 0.1) is 30.3 Å². The van der Waals surface area contributed by atoms with Crippen molar-refractivity contribution in [2.45, 2.75) is 25.0 Å². The molecule has 33 heavy (non-hydrogen) atoms. The third kappa shape index (κ3) is 4.55. The zero-order valence-electron chi connectivity index (χ0n) is 17.8. The lowest BCUT2D eigenvalue weighted by Crippen LogP contribution is -2.25. The molecule has 4 N–H and O–H groups in total. The van der Waals surface area contributed by atoms with Crippen LogP contribution in [0.25, 0.3) is 28.2 Å². The van der Waals surface area contributed by atoms with Crippen molar-refractivity contribution in [1.29, 1.82) is 0 Å². The standard InChI is InChI=1S/C24H24N6O3/c31-14-19(32)11-26-22-23-27-12-21(30(23)13-20(29-22)15-7-9-25-10-8-15)16-1-3-17(4-2-16)24(33)28-18-5-6-18/h1-4,7-10,12-13,18-19,31-32H,5-6,11,14H2,(H,26,29)(H,28,33)/t19-/m1/s1. The van der Waals surface area contributed by atoms with Gasteiger partial charge in [0.25, 0.3) is 5.91 Å². The fourth-order valence-corrected chi connectivity index (χ4v) is 3.55. The summed E-state index contributed by atoms with van der Waals surface area (Å²) < 4.78 is 1.93. The Morgan fingerprint density at radius 2 is 1.88 bits per heavy atom. The second kappa shape index (κ2) is 8.97. The molecular weight excluding hydrogens is 420 g/mol. The molecule has 0 unspecified atom stereocenters. The molecule has 3 heterocycles. The number of amides is 1. The summed E-state index contributed by atoms with van der Waals surface area (Å²) in [4.78, 5) is 25.6. The first kappa shape index (κ1) is 21.0. The van der Waals surface area contributed by atoms with Gasteiger partial charge in [-0.3, -0.25) is 14.2 Å². The first-order valence-corrected chi connectivity index (χ1v) is 10.8. The van der Waals surface area contributed by atoms with Crippen LogP contribution in [0, 0.1) is 0 Å². The summed E-state index contributed by atoms with van der Waals surface area (Å²) in [7, 11) is 0. The van der Waals surface area contributed by atoms with Crippen molar-refractivity contribution in [3.8, 4) is 22.5 Å². The minimum Gasteiger partial charge on any atom is -0.394 e. The predicted octanol–water partition coefficient (Wildman–Crippen LogP) is 2.12. The number of nitrogens with zero attached hydrogens (tertiary/aromatic N) is 4. The van der Waals surface area contributed by atoms with E-state index in [1.807, 2.05) is 47.0 Å². The van der Waals surface area contributed by atoms with Crippen LogP contribution in [0.1, 0.15) is 23.2 Å². The van der Waals surface area contributed by atoms with Crippen LogP contribution >= 0.6 is 0 Å². The molecule has 1 aliphatic carbocycles. The number of rotatable bonds is 8. The number of imidazole rings is 1. The van der Waals surface area contributed by atoms with Gasteiger partial charge in [-0.1, -0.05) is 12.1 Å². The number of carbonyl (C=O) groups is 1. The lowest BCUT2D eigenvalue weighted by Gasteiger charge is -2.13. The third-order valence-electron chi connectivity index (χ3n) is 5.54. The number of pyridine rings is 1. The molecule has 1 aliphatic rings. The number of carbonyl (C=O) groups excluding carboxylic acids is 1. The normalized spacial score (nSPS) is 14.2. The predicted molar refractivity (Wildman–Crippen MR) is 124 cm³/mol. The van der Waals surface area contributed by atoms with Crippen molar-refractivity contribution >= 4 is 17.4 Å². The van der Waals surface area contributed by atoms with Crippen molar-refractivity contribution in [2.24, 2.45) is 0 Å². The molecular formula is C24H24N6O3. The fourth-order valence-electron chi connectivity index (χ4n) is 3.55. The average molecular weight is 444 g/mol. The molecule has 9 heteroatoms. The van der Waals surface area contributed by atoms with Crippen LogP contribution in [0.2, 0.25) is 0 Å². The largest absolute Gasteiger partial charge is 0.394 e. The van der Waals surface area contributed by atoms with Crippen molar-refractivity contribution in [1.82, 2.24) is 24.7 Å². The highest BCUT2D eigenvalue weighted by Crippen LogP contribution is 2.28. The van der Waals surface area contributed by atoms with Crippen LogP contribution in [0.5, 0.6) is 0 Å². The Balaban J connectivity index is 1.53. The Labute approximate surface area is 190 Å². The van der Waals surface area contributed by atoms with Crippen molar-refractivity contribution in [3.63, 3.8) is 0 Å². The molecule has 1 aromatic carbocycles. The number of hydrogen-bond acceptors (Lipinski definition) is 7. The van der Waals surface area contributed by atoms with Crippen LogP contribution in [-0.2, 0) is 0 Å². The SMILES string of the molecule is O=C(NC1CC1)c1ccc(-c2cnc3c(NC[C@@H](O)CO)nc(-c4ccncc4)cn23)cc1. The van der Waals surface area contributed by atoms with Gasteiger partial charge in [0.2, 0.25) is 0 Å². The molecule has 5 rings (SSSR count). The molecule has 0 radical (unpaired) electrons. The Kier molecular flexibility index (Phi) is 5.72. The maximum atomic E-state index is 12.3. The Morgan fingerprint density at radius 1 is 1.12 bits per heavy atom. The van der Waals surface area contributed by atoms with Crippen LogP contribution in [0.4, 0.5) is 5.82 Å². The number of fused-ring (bicyclic) bond motifs is 1. The van der Waals surface area contributed by atoms with E-state index in [-0.39, 0.29) is 19.1 Å². The van der Waals surface area contributed by atoms with Gasteiger partial charge in [0.15, 0.2) is 11.5 Å². The minimum atomic E-state index is -0.916. The van der Waals surface area contributed by atoms with E-state index in [2.05, 4.69) is 25.6 Å². The molecule has 1 saturated carbocycles. The zero-order chi connectivity index (χ0) is 22.8. The quantitative estimate of drug-likeness (QED) is 0.328. The topological polar surface area (TPSA) is 125 Å². The smallest absolute Gasteiger partial charge is 0.251 e. The van der Waals surface area contributed by atoms with Crippen molar-refractivity contribution in [3.05, 3.63) is 66.7 Å². The molecule has 0 bridgehead atoms. The van der Waals surface area contributed by atoms with E-state index < -0.39 is 6.10 Å². The molecule has 0 aliphatic heterocycles. The molecule has 4 aromatic rings. The van der Waals surface area contributed by atoms with Crippen molar-refractivity contribution in [2.75, 3.05) is 18.5 Å². The summed E-state index contributed by atoms with van der Waals surface area (Å²) in [6.45, 7) is -0.223. The van der Waals surface area contributed by atoms with Crippen LogP contribution in [0.15, 0.2) is 61.2 Å². The summed E-state index contributed by atoms with van der Waals surface area (Å²) in [6, 6.07) is 11.5. The molecule has 1 fully saturated rings. The second-order valence-electron chi connectivity index (χ2n) is 8.09.